The van der Waals surface area contributed by atoms with Crippen LogP contribution < -0.4 is 0 Å². The molecule has 0 amide bonds. The number of rotatable bonds is 9. The van der Waals surface area contributed by atoms with E-state index in [1.807, 2.05) is 30.3 Å². The van der Waals surface area contributed by atoms with Crippen LogP contribution in [0.25, 0.3) is 12.2 Å². The maximum atomic E-state index is 6.35. The molecule has 0 radical (unpaired) electrons. The van der Waals surface area contributed by atoms with Crippen molar-refractivity contribution in [1.29, 1.82) is 0 Å². The molecule has 0 heterocycles. The Morgan fingerprint density at radius 1 is 0.690 bits per heavy atom. The van der Waals surface area contributed by atoms with Crippen LogP contribution in [0.3, 0.4) is 0 Å². The van der Waals surface area contributed by atoms with E-state index in [2.05, 4.69) is 77.7 Å². The first-order chi connectivity index (χ1) is 14.2. The Kier molecular flexibility index (Phi) is 8.58. The first-order valence-corrected chi connectivity index (χ1v) is 10.6. The van der Waals surface area contributed by atoms with Gasteiger partial charge in [0.05, 0.1) is 0 Å². The Balaban J connectivity index is 1.63. The minimum absolute atomic E-state index is 0.673. The molecule has 0 atom stereocenters. The lowest BCUT2D eigenvalue weighted by Gasteiger charge is -2.19. The average Bonchev–Trinajstić information content (AvgIpc) is 2.74. The van der Waals surface area contributed by atoms with Crippen LogP contribution in [0, 0.1) is 0 Å². The monoisotopic (exact) mass is 421 g/mol. The van der Waals surface area contributed by atoms with E-state index in [0.717, 1.165) is 36.6 Å². The number of benzene rings is 3. The first kappa shape index (κ1) is 21.4. The van der Waals surface area contributed by atoms with E-state index in [-0.39, 0.29) is 0 Å². The number of hydrogen-bond acceptors (Lipinski definition) is 1. The van der Waals surface area contributed by atoms with Crippen LogP contribution in [0.15, 0.2) is 91.0 Å². The minimum atomic E-state index is 0.673. The summed E-state index contributed by atoms with van der Waals surface area (Å²) in [5.74, 6) is 0. The molecule has 3 aromatic rings. The molecule has 29 heavy (non-hydrogen) atoms. The minimum Gasteiger partial charge on any atom is -0.296 e. The van der Waals surface area contributed by atoms with E-state index in [9.17, 15) is 0 Å². The van der Waals surface area contributed by atoms with Crippen molar-refractivity contribution in [3.63, 3.8) is 0 Å². The van der Waals surface area contributed by atoms with Gasteiger partial charge in [0.1, 0.15) is 0 Å². The maximum Gasteiger partial charge on any atom is 0.0453 e. The molecule has 0 unspecified atom stereocenters. The van der Waals surface area contributed by atoms with Crippen LogP contribution in [0.2, 0.25) is 10.0 Å². The summed E-state index contributed by atoms with van der Waals surface area (Å²) in [5.41, 5.74) is 3.56. The number of hydrogen-bond donors (Lipinski definition) is 0. The lowest BCUT2D eigenvalue weighted by molar-refractivity contribution is 0.340. The average molecular weight is 422 g/mol. The smallest absolute Gasteiger partial charge is 0.0453 e. The molecule has 0 bridgehead atoms. The normalized spacial score (nSPS) is 11.7. The highest BCUT2D eigenvalue weighted by molar-refractivity contribution is 6.35. The van der Waals surface area contributed by atoms with Crippen molar-refractivity contribution in [3.05, 3.63) is 118 Å². The van der Waals surface area contributed by atoms with Gasteiger partial charge >= 0.3 is 0 Å². The molecule has 0 aromatic heterocycles. The topological polar surface area (TPSA) is 3.24 Å². The molecular weight excluding hydrogens is 397 g/mol. The Labute approximate surface area is 183 Å². The quantitative estimate of drug-likeness (QED) is 0.351. The van der Waals surface area contributed by atoms with Crippen LogP contribution in [0.1, 0.15) is 16.7 Å². The third-order valence-corrected chi connectivity index (χ3v) is 5.25. The zero-order valence-electron chi connectivity index (χ0n) is 16.3. The zero-order valence-corrected chi connectivity index (χ0v) is 17.9. The molecule has 0 saturated carbocycles. The van der Waals surface area contributed by atoms with Crippen molar-refractivity contribution >= 4 is 35.4 Å². The van der Waals surface area contributed by atoms with Gasteiger partial charge in [0, 0.05) is 29.7 Å². The number of nitrogens with zero attached hydrogens (tertiary/aromatic N) is 1. The van der Waals surface area contributed by atoms with E-state index >= 15 is 0 Å². The molecule has 3 rings (SSSR count). The van der Waals surface area contributed by atoms with Crippen LogP contribution in [0.5, 0.6) is 0 Å². The first-order valence-electron chi connectivity index (χ1n) is 9.80. The third kappa shape index (κ3) is 7.55. The fourth-order valence-corrected chi connectivity index (χ4v) is 3.57. The van der Waals surface area contributed by atoms with Crippen molar-refractivity contribution in [2.45, 2.75) is 6.42 Å². The van der Waals surface area contributed by atoms with Gasteiger partial charge in [0.15, 0.2) is 0 Å². The van der Waals surface area contributed by atoms with E-state index in [1.165, 1.54) is 11.1 Å². The molecule has 0 aliphatic heterocycles. The summed E-state index contributed by atoms with van der Waals surface area (Å²) in [5, 5.41) is 1.41. The van der Waals surface area contributed by atoms with Crippen molar-refractivity contribution in [3.8, 4) is 0 Å². The summed E-state index contributed by atoms with van der Waals surface area (Å²) >= 11 is 12.4. The van der Waals surface area contributed by atoms with Gasteiger partial charge in [-0.3, -0.25) is 4.90 Å². The Morgan fingerprint density at radius 3 is 1.76 bits per heavy atom. The Bertz CT molecular complexity index is 882. The van der Waals surface area contributed by atoms with Crippen LogP contribution in [-0.2, 0) is 6.42 Å². The molecule has 0 aliphatic rings. The number of halogens is 2. The molecular formula is C26H25Cl2N. The summed E-state index contributed by atoms with van der Waals surface area (Å²) in [4.78, 5) is 2.41. The SMILES string of the molecule is Clc1ccc(CCN(C/C=C/c2ccccc2)C/C=C/c2ccccc2)c(Cl)c1. The highest BCUT2D eigenvalue weighted by atomic mass is 35.5. The summed E-state index contributed by atoms with van der Waals surface area (Å²) in [6.07, 6.45) is 9.66. The summed E-state index contributed by atoms with van der Waals surface area (Å²) in [6, 6.07) is 26.5. The molecule has 0 aliphatic carbocycles. The van der Waals surface area contributed by atoms with Crippen LogP contribution in [0.4, 0.5) is 0 Å². The second kappa shape index (κ2) is 11.6. The molecule has 0 fully saturated rings. The van der Waals surface area contributed by atoms with Gasteiger partial charge in [-0.15, -0.1) is 0 Å². The second-order valence-corrected chi connectivity index (χ2v) is 7.72. The highest BCUT2D eigenvalue weighted by Crippen LogP contribution is 2.21. The van der Waals surface area contributed by atoms with Gasteiger partial charge in [0.25, 0.3) is 0 Å². The van der Waals surface area contributed by atoms with Gasteiger partial charge in [0.2, 0.25) is 0 Å². The Hall–Kier alpha value is -2.32. The Morgan fingerprint density at radius 2 is 1.24 bits per heavy atom. The van der Waals surface area contributed by atoms with Gasteiger partial charge in [-0.2, -0.15) is 0 Å². The molecule has 3 aromatic carbocycles. The van der Waals surface area contributed by atoms with E-state index < -0.39 is 0 Å². The van der Waals surface area contributed by atoms with Gasteiger partial charge in [-0.1, -0.05) is 114 Å². The fraction of sp³-hybridized carbons (Fsp3) is 0.154. The molecule has 0 spiro atoms. The molecule has 1 nitrogen and oxygen atoms in total. The largest absolute Gasteiger partial charge is 0.296 e. The summed E-state index contributed by atoms with van der Waals surface area (Å²) in [6.45, 7) is 2.66. The predicted molar refractivity (Wildman–Crippen MR) is 128 cm³/mol. The van der Waals surface area contributed by atoms with Crippen molar-refractivity contribution in [1.82, 2.24) is 4.90 Å². The predicted octanol–water partition coefficient (Wildman–Crippen LogP) is 7.26. The second-order valence-electron chi connectivity index (χ2n) is 6.87. The lowest BCUT2D eigenvalue weighted by Crippen LogP contribution is -2.26. The van der Waals surface area contributed by atoms with Crippen molar-refractivity contribution < 1.29 is 0 Å². The van der Waals surface area contributed by atoms with Crippen LogP contribution in [-0.4, -0.2) is 24.5 Å². The highest BCUT2D eigenvalue weighted by Gasteiger charge is 2.06. The maximum absolute atomic E-state index is 6.35. The fourth-order valence-electron chi connectivity index (χ4n) is 3.06. The molecule has 0 N–H and O–H groups in total. The third-order valence-electron chi connectivity index (χ3n) is 4.66. The zero-order chi connectivity index (χ0) is 20.3. The summed E-state index contributed by atoms with van der Waals surface area (Å²) < 4.78 is 0. The van der Waals surface area contributed by atoms with Gasteiger partial charge in [-0.05, 0) is 35.2 Å². The van der Waals surface area contributed by atoms with Crippen LogP contribution >= 0.6 is 23.2 Å². The molecule has 3 heteroatoms. The molecule has 148 valence electrons. The standard InChI is InChI=1S/C26H25Cl2N/c27-25-16-15-24(26(28)21-25)17-20-29(18-7-13-22-9-3-1-4-10-22)19-8-14-23-11-5-2-6-12-23/h1-16,21H,17-20H2/b13-7+,14-8+. The van der Waals surface area contributed by atoms with Gasteiger partial charge < -0.3 is 0 Å². The summed E-state index contributed by atoms with van der Waals surface area (Å²) in [7, 11) is 0. The van der Waals surface area contributed by atoms with Crippen molar-refractivity contribution in [2.75, 3.05) is 19.6 Å². The van der Waals surface area contributed by atoms with E-state index in [4.69, 9.17) is 23.2 Å². The lowest BCUT2D eigenvalue weighted by atomic mass is 10.1. The van der Waals surface area contributed by atoms with E-state index in [0.29, 0.717) is 5.02 Å². The van der Waals surface area contributed by atoms with E-state index in [1.54, 1.807) is 0 Å². The molecule has 0 saturated heterocycles. The van der Waals surface area contributed by atoms with Crippen molar-refractivity contribution in [2.24, 2.45) is 0 Å². The van der Waals surface area contributed by atoms with Gasteiger partial charge in [-0.25, -0.2) is 0 Å².